The molecule has 0 bridgehead atoms. The van der Waals surface area contributed by atoms with Crippen LogP contribution >= 0.6 is 0 Å². The molecule has 0 unspecified atom stereocenters. The van der Waals surface area contributed by atoms with Crippen LogP contribution < -0.4 is 20.5 Å². The Morgan fingerprint density at radius 2 is 1.96 bits per heavy atom. The summed E-state index contributed by atoms with van der Waals surface area (Å²) in [7, 11) is 0. The summed E-state index contributed by atoms with van der Waals surface area (Å²) >= 11 is 0. The number of benzene rings is 2. The molecule has 0 fully saturated rings. The highest BCUT2D eigenvalue weighted by Crippen LogP contribution is 2.30. The number of nitrogens with zero attached hydrogens (tertiary/aromatic N) is 1. The topological polar surface area (TPSA) is 87.7 Å². The monoisotopic (exact) mass is 365 g/mol. The molecule has 0 atom stereocenters. The van der Waals surface area contributed by atoms with Crippen molar-refractivity contribution in [3.05, 3.63) is 65.7 Å². The van der Waals surface area contributed by atoms with Gasteiger partial charge in [-0.1, -0.05) is 42.0 Å². The first kappa shape index (κ1) is 18.2. The van der Waals surface area contributed by atoms with E-state index in [1.807, 2.05) is 31.2 Å². The molecule has 1 aliphatic heterocycles. The zero-order valence-electron chi connectivity index (χ0n) is 14.8. The standard InChI is InChI=1S/C20H19N3O4/c1-14-5-4-6-15(11-14)9-10-18(24)21-22-19(25)12-23-16-7-2-3-8-17(16)27-13-20(23)26/h2-11H,12-13H2,1H3,(H,21,24)(H,22,25)/b10-9+. The van der Waals surface area contributed by atoms with Gasteiger partial charge in [-0.15, -0.1) is 0 Å². The van der Waals surface area contributed by atoms with Gasteiger partial charge in [0.2, 0.25) is 0 Å². The first-order valence-corrected chi connectivity index (χ1v) is 8.39. The third kappa shape index (κ3) is 4.72. The summed E-state index contributed by atoms with van der Waals surface area (Å²) in [6, 6.07) is 14.6. The molecule has 3 rings (SSSR count). The quantitative estimate of drug-likeness (QED) is 0.636. The summed E-state index contributed by atoms with van der Waals surface area (Å²) in [4.78, 5) is 37.3. The molecule has 2 N–H and O–H groups in total. The molecule has 2 aromatic rings. The van der Waals surface area contributed by atoms with Gasteiger partial charge in [0.15, 0.2) is 6.61 Å². The van der Waals surface area contributed by atoms with Gasteiger partial charge in [-0.3, -0.25) is 30.1 Å². The van der Waals surface area contributed by atoms with E-state index in [4.69, 9.17) is 4.74 Å². The zero-order chi connectivity index (χ0) is 19.2. The van der Waals surface area contributed by atoms with Crippen LogP contribution in [0.5, 0.6) is 5.75 Å². The summed E-state index contributed by atoms with van der Waals surface area (Å²) in [5.41, 5.74) is 7.09. The molecule has 0 aromatic heterocycles. The fourth-order valence-corrected chi connectivity index (χ4v) is 2.63. The number of amides is 3. The molecule has 0 radical (unpaired) electrons. The van der Waals surface area contributed by atoms with Crippen molar-refractivity contribution >= 4 is 29.5 Å². The minimum absolute atomic E-state index is 0.129. The van der Waals surface area contributed by atoms with Gasteiger partial charge in [-0.05, 0) is 30.7 Å². The second kappa shape index (κ2) is 8.18. The molecule has 0 saturated carbocycles. The number of anilines is 1. The summed E-state index contributed by atoms with van der Waals surface area (Å²) in [6.07, 6.45) is 2.97. The van der Waals surface area contributed by atoms with Crippen LogP contribution in [0, 0.1) is 6.92 Å². The SMILES string of the molecule is Cc1cccc(/C=C/C(=O)NNC(=O)CN2C(=O)COc3ccccc32)c1. The second-order valence-electron chi connectivity index (χ2n) is 6.02. The number of para-hydroxylation sites is 2. The van der Waals surface area contributed by atoms with Gasteiger partial charge in [-0.2, -0.15) is 0 Å². The van der Waals surface area contributed by atoms with Crippen molar-refractivity contribution in [3.63, 3.8) is 0 Å². The van der Waals surface area contributed by atoms with E-state index in [0.29, 0.717) is 11.4 Å². The number of carbonyl (C=O) groups excluding carboxylic acids is 3. The summed E-state index contributed by atoms with van der Waals surface area (Å²) < 4.78 is 5.33. The number of rotatable bonds is 4. The first-order valence-electron chi connectivity index (χ1n) is 8.39. The lowest BCUT2D eigenvalue weighted by atomic mass is 10.1. The predicted molar refractivity (Wildman–Crippen MR) is 101 cm³/mol. The lowest BCUT2D eigenvalue weighted by molar-refractivity contribution is -0.127. The minimum Gasteiger partial charge on any atom is -0.482 e. The van der Waals surface area contributed by atoms with Crippen LogP contribution in [-0.4, -0.2) is 30.9 Å². The van der Waals surface area contributed by atoms with Gasteiger partial charge in [0.05, 0.1) is 5.69 Å². The maximum atomic E-state index is 12.1. The maximum Gasteiger partial charge on any atom is 0.265 e. The Bertz CT molecular complexity index is 908. The number of hydrazine groups is 1. The van der Waals surface area contributed by atoms with Crippen molar-refractivity contribution in [3.8, 4) is 5.75 Å². The molecule has 0 saturated heterocycles. The van der Waals surface area contributed by atoms with Crippen molar-refractivity contribution < 1.29 is 19.1 Å². The van der Waals surface area contributed by atoms with Crippen molar-refractivity contribution in [1.82, 2.24) is 10.9 Å². The van der Waals surface area contributed by atoms with Crippen molar-refractivity contribution in [2.45, 2.75) is 6.92 Å². The van der Waals surface area contributed by atoms with E-state index in [-0.39, 0.29) is 19.1 Å². The van der Waals surface area contributed by atoms with Gasteiger partial charge < -0.3 is 4.74 Å². The Morgan fingerprint density at radius 3 is 2.78 bits per heavy atom. The van der Waals surface area contributed by atoms with Crippen LogP contribution in [0.3, 0.4) is 0 Å². The van der Waals surface area contributed by atoms with Crippen LogP contribution in [-0.2, 0) is 14.4 Å². The largest absolute Gasteiger partial charge is 0.482 e. The smallest absolute Gasteiger partial charge is 0.265 e. The van der Waals surface area contributed by atoms with E-state index >= 15 is 0 Å². The van der Waals surface area contributed by atoms with Crippen molar-refractivity contribution in [1.29, 1.82) is 0 Å². The van der Waals surface area contributed by atoms with E-state index in [1.165, 1.54) is 11.0 Å². The number of ether oxygens (including phenoxy) is 1. The average Bonchev–Trinajstić information content (AvgIpc) is 2.67. The Hall–Kier alpha value is -3.61. The Kier molecular flexibility index (Phi) is 5.51. The summed E-state index contributed by atoms with van der Waals surface area (Å²) in [6.45, 7) is 1.61. The highest BCUT2D eigenvalue weighted by atomic mass is 16.5. The second-order valence-corrected chi connectivity index (χ2v) is 6.02. The molecule has 27 heavy (non-hydrogen) atoms. The van der Waals surface area contributed by atoms with Gasteiger partial charge >= 0.3 is 0 Å². The van der Waals surface area contributed by atoms with Gasteiger partial charge in [0.25, 0.3) is 17.7 Å². The number of hydrogen-bond donors (Lipinski definition) is 2. The molecule has 0 aliphatic carbocycles. The average molecular weight is 365 g/mol. The Morgan fingerprint density at radius 1 is 1.15 bits per heavy atom. The lowest BCUT2D eigenvalue weighted by Gasteiger charge is -2.28. The molecular weight excluding hydrogens is 346 g/mol. The third-order valence-corrected chi connectivity index (χ3v) is 3.90. The zero-order valence-corrected chi connectivity index (χ0v) is 14.8. The van der Waals surface area contributed by atoms with Crippen molar-refractivity contribution in [2.24, 2.45) is 0 Å². The fourth-order valence-electron chi connectivity index (χ4n) is 2.63. The molecule has 7 heteroatoms. The van der Waals surface area contributed by atoms with Crippen LogP contribution in [0.1, 0.15) is 11.1 Å². The number of hydrogen-bond acceptors (Lipinski definition) is 4. The van der Waals surface area contributed by atoms with Crippen molar-refractivity contribution in [2.75, 3.05) is 18.1 Å². The highest BCUT2D eigenvalue weighted by molar-refractivity contribution is 6.02. The van der Waals surface area contributed by atoms with E-state index in [1.54, 1.807) is 30.3 Å². The molecule has 3 amide bonds. The maximum absolute atomic E-state index is 12.1. The molecular formula is C20H19N3O4. The Balaban J connectivity index is 1.54. The van der Waals surface area contributed by atoms with E-state index in [9.17, 15) is 14.4 Å². The first-order chi connectivity index (χ1) is 13.0. The Labute approximate surface area is 156 Å². The molecule has 138 valence electrons. The van der Waals surface area contributed by atoms with Crippen LogP contribution in [0.2, 0.25) is 0 Å². The molecule has 2 aromatic carbocycles. The highest BCUT2D eigenvalue weighted by Gasteiger charge is 2.26. The van der Waals surface area contributed by atoms with Crippen LogP contribution in [0.25, 0.3) is 6.08 Å². The predicted octanol–water partition coefficient (Wildman–Crippen LogP) is 1.58. The molecule has 7 nitrogen and oxygen atoms in total. The molecule has 1 aliphatic rings. The summed E-state index contributed by atoms with van der Waals surface area (Å²) in [5, 5.41) is 0. The van der Waals surface area contributed by atoms with Gasteiger partial charge in [0.1, 0.15) is 12.3 Å². The van der Waals surface area contributed by atoms with E-state index in [2.05, 4.69) is 10.9 Å². The van der Waals surface area contributed by atoms with Gasteiger partial charge in [0, 0.05) is 6.08 Å². The van der Waals surface area contributed by atoms with Gasteiger partial charge in [-0.25, -0.2) is 0 Å². The number of carbonyl (C=O) groups is 3. The number of aryl methyl sites for hydroxylation is 1. The molecule has 0 spiro atoms. The normalized spacial score (nSPS) is 13.1. The van der Waals surface area contributed by atoms with Crippen LogP contribution in [0.15, 0.2) is 54.6 Å². The van der Waals surface area contributed by atoms with Crippen LogP contribution in [0.4, 0.5) is 5.69 Å². The number of nitrogens with one attached hydrogen (secondary N) is 2. The molecule has 1 heterocycles. The minimum atomic E-state index is -0.516. The lowest BCUT2D eigenvalue weighted by Crippen LogP contribution is -2.49. The fraction of sp³-hybridized carbons (Fsp3) is 0.150. The number of fused-ring (bicyclic) bond motifs is 1. The third-order valence-electron chi connectivity index (χ3n) is 3.90. The van der Waals surface area contributed by atoms with E-state index in [0.717, 1.165) is 11.1 Å². The summed E-state index contributed by atoms with van der Waals surface area (Å²) in [5.74, 6) is -0.777. The van der Waals surface area contributed by atoms with E-state index < -0.39 is 11.8 Å².